The van der Waals surface area contributed by atoms with Gasteiger partial charge in [-0.2, -0.15) is 18.3 Å². The highest BCUT2D eigenvalue weighted by atomic mass is 32.1. The zero-order chi connectivity index (χ0) is 19.6. The van der Waals surface area contributed by atoms with Gasteiger partial charge in [0.25, 0.3) is 0 Å². The monoisotopic (exact) mass is 407 g/mol. The third kappa shape index (κ3) is 4.36. The molecule has 3 aromatic rings. The molecular formula is C19H20F3N5S. The molecule has 0 spiro atoms. The Bertz CT molecular complexity index is 889. The van der Waals surface area contributed by atoms with Crippen LogP contribution < -0.4 is 10.2 Å². The fraction of sp³-hybridized carbons (Fsp3) is 0.368. The molecule has 2 N–H and O–H groups in total. The molecule has 5 nitrogen and oxygen atoms in total. The highest BCUT2D eigenvalue weighted by molar-refractivity contribution is 7.15. The SMILES string of the molecule is FC(F)(F)c1ccc(N2CCC[C@@H](NCc3ccc(-c4ccn[nH]4)s3)C2)nc1. The molecule has 4 rings (SSSR count). The van der Waals surface area contributed by atoms with Gasteiger partial charge in [-0.1, -0.05) is 0 Å². The number of nitrogens with one attached hydrogen (secondary N) is 2. The largest absolute Gasteiger partial charge is 0.417 e. The molecule has 1 saturated heterocycles. The van der Waals surface area contributed by atoms with Gasteiger partial charge in [0, 0.05) is 42.9 Å². The Morgan fingerprint density at radius 3 is 2.82 bits per heavy atom. The number of hydrogen-bond acceptors (Lipinski definition) is 5. The summed E-state index contributed by atoms with van der Waals surface area (Å²) in [4.78, 5) is 8.45. The first-order valence-electron chi connectivity index (χ1n) is 9.09. The second kappa shape index (κ2) is 7.92. The lowest BCUT2D eigenvalue weighted by atomic mass is 10.1. The molecule has 28 heavy (non-hydrogen) atoms. The van der Waals surface area contributed by atoms with Crippen LogP contribution in [0.25, 0.3) is 10.6 Å². The molecule has 0 bridgehead atoms. The van der Waals surface area contributed by atoms with E-state index in [-0.39, 0.29) is 6.04 Å². The number of rotatable bonds is 5. The highest BCUT2D eigenvalue weighted by Gasteiger charge is 2.31. The van der Waals surface area contributed by atoms with E-state index < -0.39 is 11.7 Å². The number of halogens is 3. The first-order valence-corrected chi connectivity index (χ1v) is 9.91. The van der Waals surface area contributed by atoms with E-state index in [9.17, 15) is 13.2 Å². The number of hydrogen-bond donors (Lipinski definition) is 2. The Hall–Kier alpha value is -2.39. The van der Waals surface area contributed by atoms with Crippen molar-refractivity contribution < 1.29 is 13.2 Å². The van der Waals surface area contributed by atoms with E-state index in [1.54, 1.807) is 17.5 Å². The summed E-state index contributed by atoms with van der Waals surface area (Å²) in [6.45, 7) is 2.30. The van der Waals surface area contributed by atoms with Crippen molar-refractivity contribution >= 4 is 17.2 Å². The fourth-order valence-electron chi connectivity index (χ4n) is 3.35. The Balaban J connectivity index is 1.34. The summed E-state index contributed by atoms with van der Waals surface area (Å²) in [6, 6.07) is 8.96. The molecule has 1 aliphatic heterocycles. The zero-order valence-corrected chi connectivity index (χ0v) is 15.9. The van der Waals surface area contributed by atoms with Gasteiger partial charge in [0.1, 0.15) is 5.82 Å². The van der Waals surface area contributed by atoms with E-state index in [0.717, 1.165) is 55.3 Å². The molecule has 0 unspecified atom stereocenters. The smallest absolute Gasteiger partial charge is 0.355 e. The molecule has 3 aromatic heterocycles. The minimum atomic E-state index is -4.35. The quantitative estimate of drug-likeness (QED) is 0.662. The normalized spacial score (nSPS) is 17.8. The standard InChI is InChI=1S/C19H20F3N5S/c20-19(21,22)13-3-6-18(24-10-13)27-9-1-2-14(12-27)23-11-15-4-5-17(28-15)16-7-8-25-26-16/h3-8,10,14,23H,1-2,9,11-12H2,(H,25,26)/t14-/m1/s1. The number of alkyl halides is 3. The molecule has 9 heteroatoms. The number of thiophene rings is 1. The van der Waals surface area contributed by atoms with Gasteiger partial charge in [-0.25, -0.2) is 4.98 Å². The summed E-state index contributed by atoms with van der Waals surface area (Å²) in [7, 11) is 0. The van der Waals surface area contributed by atoms with E-state index in [1.165, 1.54) is 10.9 Å². The van der Waals surface area contributed by atoms with E-state index in [0.29, 0.717) is 5.82 Å². The van der Waals surface area contributed by atoms with Crippen LogP contribution in [0.15, 0.2) is 42.7 Å². The maximum Gasteiger partial charge on any atom is 0.417 e. The van der Waals surface area contributed by atoms with Gasteiger partial charge in [-0.05, 0) is 43.2 Å². The summed E-state index contributed by atoms with van der Waals surface area (Å²) in [5, 5.41) is 10.5. The number of pyridine rings is 1. The van der Waals surface area contributed by atoms with Crippen LogP contribution in [0.2, 0.25) is 0 Å². The maximum absolute atomic E-state index is 12.7. The number of nitrogens with zero attached hydrogens (tertiary/aromatic N) is 3. The van der Waals surface area contributed by atoms with Crippen LogP contribution in [-0.4, -0.2) is 34.3 Å². The number of aromatic amines is 1. The molecule has 0 radical (unpaired) electrons. The lowest BCUT2D eigenvalue weighted by molar-refractivity contribution is -0.137. The third-order valence-electron chi connectivity index (χ3n) is 4.81. The summed E-state index contributed by atoms with van der Waals surface area (Å²) in [5.41, 5.74) is 0.294. The molecule has 0 aliphatic carbocycles. The van der Waals surface area contributed by atoms with Crippen molar-refractivity contribution in [3.63, 3.8) is 0 Å². The summed E-state index contributed by atoms with van der Waals surface area (Å²) >= 11 is 1.71. The van der Waals surface area contributed by atoms with E-state index in [4.69, 9.17) is 0 Å². The topological polar surface area (TPSA) is 56.8 Å². The minimum Gasteiger partial charge on any atom is -0.355 e. The molecule has 0 aromatic carbocycles. The maximum atomic E-state index is 12.7. The number of piperidine rings is 1. The summed E-state index contributed by atoms with van der Waals surface area (Å²) < 4.78 is 38.1. The van der Waals surface area contributed by atoms with Crippen LogP contribution in [0.5, 0.6) is 0 Å². The van der Waals surface area contributed by atoms with Crippen LogP contribution in [-0.2, 0) is 12.7 Å². The Kier molecular flexibility index (Phi) is 5.36. The number of H-pyrrole nitrogens is 1. The van der Waals surface area contributed by atoms with Crippen molar-refractivity contribution in [3.8, 4) is 10.6 Å². The first-order chi connectivity index (χ1) is 13.5. The van der Waals surface area contributed by atoms with Crippen molar-refractivity contribution in [1.82, 2.24) is 20.5 Å². The van der Waals surface area contributed by atoms with Gasteiger partial charge in [-0.3, -0.25) is 5.10 Å². The van der Waals surface area contributed by atoms with Crippen LogP contribution >= 0.6 is 11.3 Å². The van der Waals surface area contributed by atoms with Crippen molar-refractivity contribution in [2.24, 2.45) is 0 Å². The Morgan fingerprint density at radius 2 is 2.11 bits per heavy atom. The lowest BCUT2D eigenvalue weighted by Crippen LogP contribution is -2.45. The molecule has 0 saturated carbocycles. The molecule has 148 valence electrons. The molecular weight excluding hydrogens is 387 g/mol. The van der Waals surface area contributed by atoms with Gasteiger partial charge >= 0.3 is 6.18 Å². The second-order valence-electron chi connectivity index (χ2n) is 6.81. The summed E-state index contributed by atoms with van der Waals surface area (Å²) in [5.74, 6) is 0.595. The highest BCUT2D eigenvalue weighted by Crippen LogP contribution is 2.30. The molecule has 1 atom stereocenters. The van der Waals surface area contributed by atoms with Crippen molar-refractivity contribution in [1.29, 1.82) is 0 Å². The van der Waals surface area contributed by atoms with Gasteiger partial charge in [0.2, 0.25) is 0 Å². The predicted molar refractivity (Wildman–Crippen MR) is 103 cm³/mol. The third-order valence-corrected chi connectivity index (χ3v) is 5.93. The van der Waals surface area contributed by atoms with Gasteiger partial charge < -0.3 is 10.2 Å². The Morgan fingerprint density at radius 1 is 1.21 bits per heavy atom. The van der Waals surface area contributed by atoms with Crippen molar-refractivity contribution in [2.45, 2.75) is 31.6 Å². The summed E-state index contributed by atoms with van der Waals surface area (Å²) in [6.07, 6.45) is 0.307. The van der Waals surface area contributed by atoms with E-state index in [2.05, 4.69) is 32.6 Å². The van der Waals surface area contributed by atoms with Crippen LogP contribution in [0.4, 0.5) is 19.0 Å². The minimum absolute atomic E-state index is 0.274. The average molecular weight is 407 g/mol. The molecule has 4 heterocycles. The molecule has 0 amide bonds. The van der Waals surface area contributed by atoms with Crippen molar-refractivity contribution in [3.05, 3.63) is 53.2 Å². The van der Waals surface area contributed by atoms with Crippen molar-refractivity contribution in [2.75, 3.05) is 18.0 Å². The molecule has 1 aliphatic rings. The van der Waals surface area contributed by atoms with Crippen LogP contribution in [0.1, 0.15) is 23.3 Å². The second-order valence-corrected chi connectivity index (χ2v) is 7.97. The van der Waals surface area contributed by atoms with Crippen LogP contribution in [0, 0.1) is 0 Å². The number of anilines is 1. The van der Waals surface area contributed by atoms with Gasteiger partial charge in [-0.15, -0.1) is 11.3 Å². The lowest BCUT2D eigenvalue weighted by Gasteiger charge is -2.34. The van der Waals surface area contributed by atoms with Gasteiger partial charge in [0.05, 0.1) is 16.1 Å². The fourth-order valence-corrected chi connectivity index (χ4v) is 4.28. The zero-order valence-electron chi connectivity index (χ0n) is 15.0. The average Bonchev–Trinajstić information content (AvgIpc) is 3.38. The van der Waals surface area contributed by atoms with Gasteiger partial charge in [0.15, 0.2) is 0 Å². The molecule has 1 fully saturated rings. The number of aromatic nitrogens is 3. The van der Waals surface area contributed by atoms with Crippen LogP contribution in [0.3, 0.4) is 0 Å². The first kappa shape index (κ1) is 18.9. The van der Waals surface area contributed by atoms with E-state index in [1.807, 2.05) is 11.0 Å². The Labute approximate surface area is 164 Å². The van der Waals surface area contributed by atoms with E-state index >= 15 is 0 Å². The predicted octanol–water partition coefficient (Wildman–Crippen LogP) is 4.31.